The number of anilines is 1. The quantitative estimate of drug-likeness (QED) is 0.451. The summed E-state index contributed by atoms with van der Waals surface area (Å²) >= 11 is 17.6. The van der Waals surface area contributed by atoms with Gasteiger partial charge in [0.25, 0.3) is 0 Å². The molecule has 1 aromatic carbocycles. The Balaban J connectivity index is 2.34. The third kappa shape index (κ3) is 3.80. The second kappa shape index (κ2) is 7.13. The first kappa shape index (κ1) is 16.8. The van der Waals surface area contributed by atoms with Gasteiger partial charge in [-0.25, -0.2) is 9.37 Å². The molecule has 0 aliphatic rings. The molecule has 1 aromatic heterocycles. The molecule has 0 radical (unpaired) electrons. The van der Waals surface area contributed by atoms with Crippen molar-refractivity contribution in [1.82, 2.24) is 4.98 Å². The van der Waals surface area contributed by atoms with E-state index in [0.29, 0.717) is 12.1 Å². The van der Waals surface area contributed by atoms with Gasteiger partial charge in [0.1, 0.15) is 16.7 Å². The molecule has 0 atom stereocenters. The number of halogens is 4. The molecular formula is C14H11Cl3FN3O. The molecule has 0 spiro atoms. The molecule has 2 N–H and O–H groups in total. The van der Waals surface area contributed by atoms with Gasteiger partial charge in [0.15, 0.2) is 5.82 Å². The normalized spacial score (nSPS) is 11.6. The number of aromatic nitrogens is 1. The zero-order chi connectivity index (χ0) is 16.3. The van der Waals surface area contributed by atoms with Gasteiger partial charge >= 0.3 is 0 Å². The van der Waals surface area contributed by atoms with Gasteiger partial charge in [-0.05, 0) is 30.7 Å². The van der Waals surface area contributed by atoms with E-state index in [1.54, 1.807) is 0 Å². The molecule has 0 aliphatic carbocycles. The number of nitrogens with zero attached hydrogens (tertiary/aromatic N) is 2. The monoisotopic (exact) mass is 361 g/mol. The summed E-state index contributed by atoms with van der Waals surface area (Å²) in [5, 5.41) is 14.5. The summed E-state index contributed by atoms with van der Waals surface area (Å²) in [4.78, 5) is 3.96. The Morgan fingerprint density at radius 2 is 2.00 bits per heavy atom. The lowest BCUT2D eigenvalue weighted by atomic mass is 10.1. The molecule has 0 unspecified atom stereocenters. The number of nitrogens with one attached hydrogen (secondary N) is 1. The standard InChI is InChI=1S/C14H11Cl3FN3O/c1-2-11(8-5-7(18)3-4-12(8)22)20-21-14-10(16)6-9(15)13(17)19-14/h3-6,22H,2H2,1H3,(H,19,21)/b20-11+. The number of pyridine rings is 1. The largest absolute Gasteiger partial charge is 0.507 e. The summed E-state index contributed by atoms with van der Waals surface area (Å²) in [6.07, 6.45) is 0.447. The molecule has 1 heterocycles. The van der Waals surface area contributed by atoms with E-state index in [-0.39, 0.29) is 32.3 Å². The van der Waals surface area contributed by atoms with Gasteiger partial charge in [-0.3, -0.25) is 5.43 Å². The molecule has 22 heavy (non-hydrogen) atoms. The van der Waals surface area contributed by atoms with Gasteiger partial charge in [-0.15, -0.1) is 0 Å². The molecule has 0 saturated heterocycles. The Hall–Kier alpha value is -1.56. The van der Waals surface area contributed by atoms with Gasteiger partial charge in [0.05, 0.1) is 15.8 Å². The van der Waals surface area contributed by atoms with Gasteiger partial charge < -0.3 is 5.11 Å². The highest BCUT2D eigenvalue weighted by molar-refractivity contribution is 6.42. The molecule has 0 amide bonds. The zero-order valence-electron chi connectivity index (χ0n) is 11.4. The van der Waals surface area contributed by atoms with Crippen molar-refractivity contribution in [2.45, 2.75) is 13.3 Å². The van der Waals surface area contributed by atoms with Crippen molar-refractivity contribution < 1.29 is 9.50 Å². The molecule has 0 saturated carbocycles. The van der Waals surface area contributed by atoms with E-state index in [1.807, 2.05) is 6.92 Å². The van der Waals surface area contributed by atoms with E-state index < -0.39 is 5.82 Å². The van der Waals surface area contributed by atoms with Crippen molar-refractivity contribution in [3.05, 3.63) is 50.8 Å². The summed E-state index contributed by atoms with van der Waals surface area (Å²) in [7, 11) is 0. The van der Waals surface area contributed by atoms with Crippen molar-refractivity contribution in [3.63, 3.8) is 0 Å². The van der Waals surface area contributed by atoms with Crippen molar-refractivity contribution in [1.29, 1.82) is 0 Å². The van der Waals surface area contributed by atoms with Crippen LogP contribution in [-0.4, -0.2) is 15.8 Å². The number of aromatic hydroxyl groups is 1. The van der Waals surface area contributed by atoms with Crippen molar-refractivity contribution in [3.8, 4) is 5.75 Å². The minimum absolute atomic E-state index is 0.0722. The van der Waals surface area contributed by atoms with E-state index in [1.165, 1.54) is 18.2 Å². The number of rotatable bonds is 4. The number of hydrogen-bond donors (Lipinski definition) is 2. The lowest BCUT2D eigenvalue weighted by Gasteiger charge is -2.09. The average molecular weight is 363 g/mol. The number of hydrogen-bond acceptors (Lipinski definition) is 4. The molecule has 0 fully saturated rings. The third-order valence-electron chi connectivity index (χ3n) is 2.79. The van der Waals surface area contributed by atoms with Crippen LogP contribution in [0.5, 0.6) is 5.75 Å². The Morgan fingerprint density at radius 1 is 1.27 bits per heavy atom. The second-order valence-corrected chi connectivity index (χ2v) is 5.45. The van der Waals surface area contributed by atoms with E-state index in [0.717, 1.165) is 6.07 Å². The SMILES string of the molecule is CC/C(=N\Nc1nc(Cl)c(Cl)cc1Cl)c1cc(F)ccc1O. The lowest BCUT2D eigenvalue weighted by Crippen LogP contribution is -2.05. The van der Waals surface area contributed by atoms with Crippen LogP contribution in [0.3, 0.4) is 0 Å². The summed E-state index contributed by atoms with van der Waals surface area (Å²) in [6, 6.07) is 5.06. The van der Waals surface area contributed by atoms with Gasteiger partial charge in [0, 0.05) is 5.56 Å². The van der Waals surface area contributed by atoms with Crippen LogP contribution in [-0.2, 0) is 0 Å². The van der Waals surface area contributed by atoms with Crippen LogP contribution in [0.15, 0.2) is 29.4 Å². The molecule has 2 aromatic rings. The average Bonchev–Trinajstić information content (AvgIpc) is 2.48. The molecule has 0 bridgehead atoms. The van der Waals surface area contributed by atoms with E-state index in [2.05, 4.69) is 15.5 Å². The van der Waals surface area contributed by atoms with E-state index in [9.17, 15) is 9.50 Å². The van der Waals surface area contributed by atoms with Crippen LogP contribution in [0.1, 0.15) is 18.9 Å². The minimum atomic E-state index is -0.473. The van der Waals surface area contributed by atoms with Gasteiger partial charge in [-0.2, -0.15) is 5.10 Å². The highest BCUT2D eigenvalue weighted by atomic mass is 35.5. The number of hydrazone groups is 1. The van der Waals surface area contributed by atoms with Crippen LogP contribution in [0.2, 0.25) is 15.2 Å². The summed E-state index contributed by atoms with van der Waals surface area (Å²) in [5.74, 6) is -0.338. The minimum Gasteiger partial charge on any atom is -0.507 e. The van der Waals surface area contributed by atoms with Crippen LogP contribution in [0.4, 0.5) is 10.2 Å². The Labute approximate surface area is 141 Å². The predicted molar refractivity (Wildman–Crippen MR) is 87.8 cm³/mol. The fourth-order valence-electron chi connectivity index (χ4n) is 1.71. The molecular weight excluding hydrogens is 352 g/mol. The first-order chi connectivity index (χ1) is 10.4. The summed E-state index contributed by atoms with van der Waals surface area (Å²) in [5.41, 5.74) is 3.36. The third-order valence-corrected chi connectivity index (χ3v) is 3.75. The first-order valence-corrected chi connectivity index (χ1v) is 7.38. The highest BCUT2D eigenvalue weighted by Gasteiger charge is 2.11. The molecule has 8 heteroatoms. The van der Waals surface area contributed by atoms with Gasteiger partial charge in [-0.1, -0.05) is 41.7 Å². The lowest BCUT2D eigenvalue weighted by molar-refractivity contribution is 0.471. The number of phenolic OH excluding ortho intramolecular Hbond substituents is 1. The Bertz CT molecular complexity index is 738. The smallest absolute Gasteiger partial charge is 0.166 e. The summed E-state index contributed by atoms with van der Waals surface area (Å²) in [6.45, 7) is 1.81. The van der Waals surface area contributed by atoms with Gasteiger partial charge in [0.2, 0.25) is 0 Å². The molecule has 116 valence electrons. The van der Waals surface area contributed by atoms with Crippen LogP contribution >= 0.6 is 34.8 Å². The molecule has 0 aliphatic heterocycles. The van der Waals surface area contributed by atoms with Crippen LogP contribution in [0, 0.1) is 5.82 Å². The fraction of sp³-hybridized carbons (Fsp3) is 0.143. The fourth-order valence-corrected chi connectivity index (χ4v) is 2.25. The van der Waals surface area contributed by atoms with E-state index in [4.69, 9.17) is 34.8 Å². The van der Waals surface area contributed by atoms with Crippen LogP contribution < -0.4 is 5.43 Å². The topological polar surface area (TPSA) is 57.5 Å². The van der Waals surface area contributed by atoms with Crippen molar-refractivity contribution >= 4 is 46.3 Å². The molecule has 2 rings (SSSR count). The maximum Gasteiger partial charge on any atom is 0.166 e. The number of benzene rings is 1. The maximum atomic E-state index is 13.3. The zero-order valence-corrected chi connectivity index (χ0v) is 13.6. The first-order valence-electron chi connectivity index (χ1n) is 6.25. The highest BCUT2D eigenvalue weighted by Crippen LogP contribution is 2.29. The maximum absolute atomic E-state index is 13.3. The van der Waals surface area contributed by atoms with Crippen molar-refractivity contribution in [2.24, 2.45) is 5.10 Å². The van der Waals surface area contributed by atoms with Crippen molar-refractivity contribution in [2.75, 3.05) is 5.43 Å². The van der Waals surface area contributed by atoms with E-state index >= 15 is 0 Å². The number of phenols is 1. The Kier molecular flexibility index (Phi) is 5.45. The van der Waals surface area contributed by atoms with Crippen LogP contribution in [0.25, 0.3) is 0 Å². The Morgan fingerprint density at radius 3 is 2.68 bits per heavy atom. The second-order valence-electron chi connectivity index (χ2n) is 4.28. The molecule has 4 nitrogen and oxygen atoms in total. The summed E-state index contributed by atoms with van der Waals surface area (Å²) < 4.78 is 13.3. The predicted octanol–water partition coefficient (Wildman–Crippen LogP) is 5.11.